The van der Waals surface area contributed by atoms with Gasteiger partial charge in [-0.05, 0) is 30.0 Å². The molecule has 1 fully saturated rings. The number of rotatable bonds is 6. The normalized spacial score (nSPS) is 19.8. The second kappa shape index (κ2) is 6.55. The van der Waals surface area contributed by atoms with Gasteiger partial charge in [0.15, 0.2) is 0 Å². The highest BCUT2D eigenvalue weighted by atomic mass is 32.2. The maximum absolute atomic E-state index is 12.5. The van der Waals surface area contributed by atoms with Crippen LogP contribution in [0.15, 0.2) is 29.2 Å². The maximum Gasteiger partial charge on any atom is 0.307 e. The number of benzene rings is 1. The van der Waals surface area contributed by atoms with E-state index in [1.165, 1.54) is 16.4 Å². The fraction of sp³-hybridized carbons (Fsp3) is 0.500. The van der Waals surface area contributed by atoms with Crippen molar-refractivity contribution in [3.63, 3.8) is 0 Å². The summed E-state index contributed by atoms with van der Waals surface area (Å²) in [6.07, 6.45) is 0.685. The minimum atomic E-state index is -3.50. The molecule has 0 aliphatic carbocycles. The Morgan fingerprint density at radius 2 is 2.05 bits per heavy atom. The zero-order valence-electron chi connectivity index (χ0n) is 11.9. The predicted octanol–water partition coefficient (Wildman–Crippen LogP) is 0.971. The summed E-state index contributed by atoms with van der Waals surface area (Å²) < 4.78 is 31.5. The van der Waals surface area contributed by atoms with Gasteiger partial charge in [-0.2, -0.15) is 4.31 Å². The monoisotopic (exact) mass is 313 g/mol. The molecule has 21 heavy (non-hydrogen) atoms. The van der Waals surface area contributed by atoms with Gasteiger partial charge >= 0.3 is 5.97 Å². The van der Waals surface area contributed by atoms with Crippen molar-refractivity contribution in [1.29, 1.82) is 0 Å². The van der Waals surface area contributed by atoms with Gasteiger partial charge < -0.3 is 9.84 Å². The third-order valence-corrected chi connectivity index (χ3v) is 5.45. The van der Waals surface area contributed by atoms with Crippen molar-refractivity contribution in [2.24, 2.45) is 5.92 Å². The fourth-order valence-electron chi connectivity index (χ4n) is 2.49. The zero-order chi connectivity index (χ0) is 15.5. The Hall–Kier alpha value is -1.44. The van der Waals surface area contributed by atoms with E-state index in [1.807, 2.05) is 0 Å². The topological polar surface area (TPSA) is 83.9 Å². The second-order valence-corrected chi connectivity index (χ2v) is 7.13. The number of carbonyl (C=O) groups is 1. The molecule has 1 aromatic carbocycles. The molecular formula is C14H19NO5S. The Morgan fingerprint density at radius 1 is 1.38 bits per heavy atom. The van der Waals surface area contributed by atoms with E-state index >= 15 is 0 Å². The molecule has 0 saturated carbocycles. The first kappa shape index (κ1) is 15.9. The number of hydrogen-bond acceptors (Lipinski definition) is 4. The summed E-state index contributed by atoms with van der Waals surface area (Å²) in [5, 5.41) is 8.71. The van der Waals surface area contributed by atoms with Gasteiger partial charge in [0.05, 0.1) is 17.9 Å². The molecular weight excluding hydrogens is 294 g/mol. The summed E-state index contributed by atoms with van der Waals surface area (Å²) in [6, 6.07) is 6.03. The molecule has 6 nitrogen and oxygen atoms in total. The van der Waals surface area contributed by atoms with E-state index in [1.54, 1.807) is 19.2 Å². The highest BCUT2D eigenvalue weighted by Gasteiger charge is 2.32. The van der Waals surface area contributed by atoms with Crippen LogP contribution in [0.4, 0.5) is 0 Å². The molecule has 1 atom stereocenters. The first-order valence-corrected chi connectivity index (χ1v) is 8.17. The number of carboxylic acids is 1. The van der Waals surface area contributed by atoms with Crippen LogP contribution in [0.2, 0.25) is 0 Å². The third-order valence-electron chi connectivity index (χ3n) is 3.57. The molecule has 1 saturated heterocycles. The van der Waals surface area contributed by atoms with Crippen LogP contribution >= 0.6 is 0 Å². The molecule has 0 spiro atoms. The highest BCUT2D eigenvalue weighted by Crippen LogP contribution is 2.24. The first-order chi connectivity index (χ1) is 9.93. The molecule has 1 unspecified atom stereocenters. The van der Waals surface area contributed by atoms with Crippen LogP contribution in [-0.2, 0) is 26.0 Å². The highest BCUT2D eigenvalue weighted by molar-refractivity contribution is 7.89. The first-order valence-electron chi connectivity index (χ1n) is 6.73. The predicted molar refractivity (Wildman–Crippen MR) is 76.5 cm³/mol. The lowest BCUT2D eigenvalue weighted by Gasteiger charge is -2.16. The molecule has 0 aromatic heterocycles. The van der Waals surface area contributed by atoms with Crippen molar-refractivity contribution in [2.45, 2.75) is 17.7 Å². The summed E-state index contributed by atoms with van der Waals surface area (Å²) >= 11 is 0. The van der Waals surface area contributed by atoms with Crippen molar-refractivity contribution in [1.82, 2.24) is 4.31 Å². The molecule has 0 bridgehead atoms. The number of hydrogen-bond donors (Lipinski definition) is 1. The summed E-state index contributed by atoms with van der Waals surface area (Å²) in [5.41, 5.74) is 0.583. The van der Waals surface area contributed by atoms with E-state index in [0.29, 0.717) is 25.3 Å². The lowest BCUT2D eigenvalue weighted by molar-refractivity contribution is -0.136. The van der Waals surface area contributed by atoms with E-state index in [0.717, 1.165) is 6.42 Å². The molecule has 7 heteroatoms. The van der Waals surface area contributed by atoms with Gasteiger partial charge in [0.2, 0.25) is 10.0 Å². The number of aliphatic carboxylic acids is 1. The average Bonchev–Trinajstić information content (AvgIpc) is 2.88. The molecule has 2 rings (SSSR count). The Labute approximate surface area is 124 Å². The third kappa shape index (κ3) is 3.81. The van der Waals surface area contributed by atoms with Crippen LogP contribution in [0.3, 0.4) is 0 Å². The fourth-order valence-corrected chi connectivity index (χ4v) is 4.02. The Morgan fingerprint density at radius 3 is 2.62 bits per heavy atom. The van der Waals surface area contributed by atoms with Crippen molar-refractivity contribution in [3.05, 3.63) is 29.8 Å². The van der Waals surface area contributed by atoms with Gasteiger partial charge in [0, 0.05) is 20.2 Å². The molecule has 1 aliphatic heterocycles. The van der Waals surface area contributed by atoms with Crippen molar-refractivity contribution < 1.29 is 23.1 Å². The van der Waals surface area contributed by atoms with Gasteiger partial charge in [0.25, 0.3) is 0 Å². The maximum atomic E-state index is 12.5. The van der Waals surface area contributed by atoms with Gasteiger partial charge in [-0.1, -0.05) is 12.1 Å². The Kier molecular flexibility index (Phi) is 4.97. The Balaban J connectivity index is 2.11. The summed E-state index contributed by atoms with van der Waals surface area (Å²) in [4.78, 5) is 10.8. The summed E-state index contributed by atoms with van der Waals surface area (Å²) in [5.74, 6) is -0.705. The number of carboxylic acid groups (broad SMARTS) is 1. The average molecular weight is 313 g/mol. The quantitative estimate of drug-likeness (QED) is 0.846. The van der Waals surface area contributed by atoms with E-state index < -0.39 is 16.0 Å². The summed E-state index contributed by atoms with van der Waals surface area (Å²) in [6.45, 7) is 1.52. The van der Waals surface area contributed by atoms with E-state index in [4.69, 9.17) is 9.84 Å². The van der Waals surface area contributed by atoms with Gasteiger partial charge in [-0.15, -0.1) is 0 Å². The smallest absolute Gasteiger partial charge is 0.307 e. The number of methoxy groups -OCH3 is 1. The SMILES string of the molecule is COCC1CCN(S(=O)(=O)c2ccc(CC(=O)O)cc2)C1. The van der Waals surface area contributed by atoms with Crippen molar-refractivity contribution in [3.8, 4) is 0 Å². The van der Waals surface area contributed by atoms with Crippen LogP contribution in [0.1, 0.15) is 12.0 Å². The molecule has 1 aliphatic rings. The molecule has 1 heterocycles. The van der Waals surface area contributed by atoms with E-state index in [9.17, 15) is 13.2 Å². The standard InChI is InChI=1S/C14H19NO5S/c1-20-10-12-6-7-15(9-12)21(18,19)13-4-2-11(3-5-13)8-14(16)17/h2-5,12H,6-10H2,1H3,(H,16,17). The Bertz CT molecular complexity index is 596. The number of ether oxygens (including phenoxy) is 1. The molecule has 0 amide bonds. The van der Waals surface area contributed by atoms with Gasteiger partial charge in [0.1, 0.15) is 0 Å². The minimum absolute atomic E-state index is 0.111. The van der Waals surface area contributed by atoms with Crippen molar-refractivity contribution in [2.75, 3.05) is 26.8 Å². The van der Waals surface area contributed by atoms with Crippen LogP contribution in [0.25, 0.3) is 0 Å². The van der Waals surface area contributed by atoms with Crippen LogP contribution in [-0.4, -0.2) is 50.6 Å². The molecule has 0 radical (unpaired) electrons. The zero-order valence-corrected chi connectivity index (χ0v) is 12.7. The number of sulfonamides is 1. The van der Waals surface area contributed by atoms with E-state index in [-0.39, 0.29) is 17.2 Å². The van der Waals surface area contributed by atoms with Crippen LogP contribution in [0, 0.1) is 5.92 Å². The van der Waals surface area contributed by atoms with E-state index in [2.05, 4.69) is 0 Å². The molecule has 1 N–H and O–H groups in total. The molecule has 1 aromatic rings. The largest absolute Gasteiger partial charge is 0.481 e. The number of nitrogens with zero attached hydrogens (tertiary/aromatic N) is 1. The second-order valence-electron chi connectivity index (χ2n) is 5.19. The summed E-state index contributed by atoms with van der Waals surface area (Å²) in [7, 11) is -1.90. The van der Waals surface area contributed by atoms with Crippen LogP contribution < -0.4 is 0 Å². The van der Waals surface area contributed by atoms with Crippen LogP contribution in [0.5, 0.6) is 0 Å². The lowest BCUT2D eigenvalue weighted by Crippen LogP contribution is -2.29. The minimum Gasteiger partial charge on any atom is -0.481 e. The van der Waals surface area contributed by atoms with Crippen molar-refractivity contribution >= 4 is 16.0 Å². The lowest BCUT2D eigenvalue weighted by atomic mass is 10.1. The van der Waals surface area contributed by atoms with Gasteiger partial charge in [-0.3, -0.25) is 4.79 Å². The van der Waals surface area contributed by atoms with Gasteiger partial charge in [-0.25, -0.2) is 8.42 Å². The molecule has 116 valence electrons.